The molecule has 2 aliphatic heterocycles. The Morgan fingerprint density at radius 1 is 1.14 bits per heavy atom. The van der Waals surface area contributed by atoms with Crippen molar-refractivity contribution in [2.24, 2.45) is 0 Å². The molecule has 1 fully saturated rings. The fourth-order valence-electron chi connectivity index (χ4n) is 2.99. The number of nitrogens with zero attached hydrogens (tertiary/aromatic N) is 2. The number of hydrogen-bond acceptors (Lipinski definition) is 7. The van der Waals surface area contributed by atoms with E-state index in [9.17, 15) is 13.2 Å². The number of fused-ring (bicyclic) bond motifs is 1. The number of nitrogens with one attached hydrogen (secondary N) is 1. The van der Waals surface area contributed by atoms with Crippen molar-refractivity contribution >= 4 is 33.4 Å². The van der Waals surface area contributed by atoms with Crippen molar-refractivity contribution in [2.75, 3.05) is 31.0 Å². The molecular formula is C18H19N3O5S2. The summed E-state index contributed by atoms with van der Waals surface area (Å²) in [4.78, 5) is 16.5. The van der Waals surface area contributed by atoms with Gasteiger partial charge in [0.1, 0.15) is 4.90 Å². The van der Waals surface area contributed by atoms with Gasteiger partial charge >= 0.3 is 0 Å². The number of carbonyl (C=O) groups excluding carboxylic acids is 1. The molecule has 0 saturated carbocycles. The summed E-state index contributed by atoms with van der Waals surface area (Å²) in [6.45, 7) is 1.29. The van der Waals surface area contributed by atoms with Crippen LogP contribution in [-0.4, -0.2) is 49.2 Å². The quantitative estimate of drug-likeness (QED) is 0.715. The van der Waals surface area contributed by atoms with Gasteiger partial charge in [-0.1, -0.05) is 11.8 Å². The summed E-state index contributed by atoms with van der Waals surface area (Å²) in [7, 11) is -3.47. The Morgan fingerprint density at radius 2 is 1.93 bits per heavy atom. The van der Waals surface area contributed by atoms with Crippen LogP contribution in [0.2, 0.25) is 0 Å². The van der Waals surface area contributed by atoms with Gasteiger partial charge in [-0.2, -0.15) is 4.31 Å². The molecule has 0 unspecified atom stereocenters. The third-order valence-electron chi connectivity index (χ3n) is 4.42. The molecule has 0 aliphatic carbocycles. The third kappa shape index (κ3) is 4.08. The molecule has 1 N–H and O–H groups in total. The van der Waals surface area contributed by atoms with Gasteiger partial charge in [0.05, 0.1) is 10.8 Å². The van der Waals surface area contributed by atoms with Gasteiger partial charge < -0.3 is 14.8 Å². The Kier molecular flexibility index (Phi) is 5.42. The molecule has 1 saturated heterocycles. The molecule has 2 aromatic rings. The van der Waals surface area contributed by atoms with Crippen LogP contribution in [0.5, 0.6) is 11.5 Å². The number of thioether (sulfide) groups is 1. The molecule has 1 amide bonds. The summed E-state index contributed by atoms with van der Waals surface area (Å²) in [5.41, 5.74) is 0.620. The molecule has 0 spiro atoms. The predicted molar refractivity (Wildman–Crippen MR) is 104 cm³/mol. The maximum atomic E-state index is 12.5. The zero-order valence-electron chi connectivity index (χ0n) is 15.0. The Balaban J connectivity index is 1.33. The number of aromatic nitrogens is 1. The standard InChI is InChI=1S/C18H19N3O5S2/c22-17(20-13-3-5-15-16(9-13)26-12-25-15)11-27-18-6-4-14(10-19-18)28(23,24)21-7-1-2-8-21/h3-6,9-10H,1-2,7-8,11-12H2,(H,20,22). The first kappa shape index (κ1) is 19.0. The van der Waals surface area contributed by atoms with Crippen molar-refractivity contribution < 1.29 is 22.7 Å². The van der Waals surface area contributed by atoms with E-state index in [2.05, 4.69) is 10.3 Å². The van der Waals surface area contributed by atoms with Gasteiger partial charge in [0.15, 0.2) is 11.5 Å². The molecule has 28 heavy (non-hydrogen) atoms. The molecule has 10 heteroatoms. The van der Waals surface area contributed by atoms with Crippen molar-refractivity contribution in [3.8, 4) is 11.5 Å². The summed E-state index contributed by atoms with van der Waals surface area (Å²) in [6, 6.07) is 8.36. The summed E-state index contributed by atoms with van der Waals surface area (Å²) >= 11 is 1.24. The minimum absolute atomic E-state index is 0.152. The number of rotatable bonds is 6. The zero-order valence-corrected chi connectivity index (χ0v) is 16.6. The van der Waals surface area contributed by atoms with Crippen LogP contribution in [0.25, 0.3) is 0 Å². The van der Waals surface area contributed by atoms with E-state index in [0.29, 0.717) is 35.3 Å². The van der Waals surface area contributed by atoms with Gasteiger partial charge in [-0.25, -0.2) is 13.4 Å². The molecule has 148 valence electrons. The first-order chi connectivity index (χ1) is 13.5. The molecule has 2 aliphatic rings. The Hall–Kier alpha value is -2.30. The summed E-state index contributed by atoms with van der Waals surface area (Å²) in [5, 5.41) is 3.37. The lowest BCUT2D eigenvalue weighted by molar-refractivity contribution is -0.113. The largest absolute Gasteiger partial charge is 0.454 e. The van der Waals surface area contributed by atoms with E-state index >= 15 is 0 Å². The van der Waals surface area contributed by atoms with Crippen LogP contribution in [0.3, 0.4) is 0 Å². The lowest BCUT2D eigenvalue weighted by Gasteiger charge is -2.15. The minimum atomic E-state index is -3.47. The number of hydrogen-bond donors (Lipinski definition) is 1. The average Bonchev–Trinajstić information content (AvgIpc) is 3.38. The second-order valence-corrected chi connectivity index (χ2v) is 9.28. The number of carbonyl (C=O) groups is 1. The van der Waals surface area contributed by atoms with Crippen LogP contribution in [0.15, 0.2) is 46.5 Å². The number of benzene rings is 1. The molecule has 4 rings (SSSR count). The first-order valence-corrected chi connectivity index (χ1v) is 11.2. The minimum Gasteiger partial charge on any atom is -0.454 e. The van der Waals surface area contributed by atoms with E-state index in [1.54, 1.807) is 30.3 Å². The van der Waals surface area contributed by atoms with Crippen molar-refractivity contribution in [1.29, 1.82) is 0 Å². The van der Waals surface area contributed by atoms with Crippen molar-refractivity contribution in [3.63, 3.8) is 0 Å². The maximum Gasteiger partial charge on any atom is 0.244 e. The van der Waals surface area contributed by atoms with Gasteiger partial charge in [-0.05, 0) is 37.1 Å². The molecule has 8 nitrogen and oxygen atoms in total. The van der Waals surface area contributed by atoms with E-state index in [1.165, 1.54) is 22.3 Å². The molecule has 0 bridgehead atoms. The fraction of sp³-hybridized carbons (Fsp3) is 0.333. The van der Waals surface area contributed by atoms with Crippen molar-refractivity contribution in [2.45, 2.75) is 22.8 Å². The van der Waals surface area contributed by atoms with Gasteiger partial charge in [0, 0.05) is 31.0 Å². The average molecular weight is 422 g/mol. The second kappa shape index (κ2) is 7.98. The first-order valence-electron chi connectivity index (χ1n) is 8.81. The van der Waals surface area contributed by atoms with E-state index in [4.69, 9.17) is 9.47 Å². The second-order valence-electron chi connectivity index (χ2n) is 6.35. The monoisotopic (exact) mass is 421 g/mol. The highest BCUT2D eigenvalue weighted by atomic mass is 32.2. The lowest BCUT2D eigenvalue weighted by Crippen LogP contribution is -2.27. The van der Waals surface area contributed by atoms with E-state index in [-0.39, 0.29) is 23.3 Å². The van der Waals surface area contributed by atoms with Crippen LogP contribution >= 0.6 is 11.8 Å². The smallest absolute Gasteiger partial charge is 0.244 e. The van der Waals surface area contributed by atoms with Crippen LogP contribution in [-0.2, 0) is 14.8 Å². The molecule has 0 radical (unpaired) electrons. The molecule has 0 atom stereocenters. The van der Waals surface area contributed by atoms with Gasteiger partial charge in [-0.3, -0.25) is 4.79 Å². The van der Waals surface area contributed by atoms with E-state index < -0.39 is 10.0 Å². The van der Waals surface area contributed by atoms with Crippen LogP contribution in [0.4, 0.5) is 5.69 Å². The van der Waals surface area contributed by atoms with Crippen molar-refractivity contribution in [1.82, 2.24) is 9.29 Å². The van der Waals surface area contributed by atoms with Gasteiger partial charge in [0.25, 0.3) is 0 Å². The Bertz CT molecular complexity index is 973. The normalized spacial score (nSPS) is 16.3. The zero-order chi connectivity index (χ0) is 19.6. The summed E-state index contributed by atoms with van der Waals surface area (Å²) < 4.78 is 37.0. The maximum absolute atomic E-state index is 12.5. The third-order valence-corrected chi connectivity index (χ3v) is 7.25. The number of sulfonamides is 1. The van der Waals surface area contributed by atoms with E-state index in [0.717, 1.165) is 12.8 Å². The van der Waals surface area contributed by atoms with Crippen molar-refractivity contribution in [3.05, 3.63) is 36.5 Å². The topological polar surface area (TPSA) is 97.8 Å². The number of anilines is 1. The lowest BCUT2D eigenvalue weighted by atomic mass is 10.3. The Labute approximate surface area is 167 Å². The molecule has 3 heterocycles. The fourth-order valence-corrected chi connectivity index (χ4v) is 5.10. The summed E-state index contributed by atoms with van der Waals surface area (Å²) in [5.74, 6) is 1.21. The highest BCUT2D eigenvalue weighted by molar-refractivity contribution is 7.99. The molecular weight excluding hydrogens is 402 g/mol. The van der Waals surface area contributed by atoms with Crippen LogP contribution < -0.4 is 14.8 Å². The van der Waals surface area contributed by atoms with Gasteiger partial charge in [0.2, 0.25) is 22.7 Å². The molecule has 1 aromatic heterocycles. The Morgan fingerprint density at radius 3 is 2.68 bits per heavy atom. The highest BCUT2D eigenvalue weighted by Crippen LogP contribution is 2.34. The van der Waals surface area contributed by atoms with Gasteiger partial charge in [-0.15, -0.1) is 0 Å². The SMILES string of the molecule is O=C(CSc1ccc(S(=O)(=O)N2CCCC2)cn1)Nc1ccc2c(c1)OCO2. The van der Waals surface area contributed by atoms with Crippen LogP contribution in [0, 0.1) is 0 Å². The van der Waals surface area contributed by atoms with E-state index in [1.807, 2.05) is 0 Å². The number of amides is 1. The predicted octanol–water partition coefficient (Wildman–Crippen LogP) is 2.33. The molecule has 1 aromatic carbocycles. The number of pyridine rings is 1. The highest BCUT2D eigenvalue weighted by Gasteiger charge is 2.27. The summed E-state index contributed by atoms with van der Waals surface area (Å²) in [6.07, 6.45) is 3.13. The number of ether oxygens (including phenoxy) is 2. The van der Waals surface area contributed by atoms with Crippen LogP contribution in [0.1, 0.15) is 12.8 Å².